The van der Waals surface area contributed by atoms with Gasteiger partial charge in [0.05, 0.1) is 0 Å². The van der Waals surface area contributed by atoms with Crippen LogP contribution in [0.5, 0.6) is 0 Å². The van der Waals surface area contributed by atoms with E-state index in [1.807, 2.05) is 6.92 Å². The first-order valence-electron chi connectivity index (χ1n) is 4.21. The van der Waals surface area contributed by atoms with Crippen LogP contribution in [-0.4, -0.2) is 6.30 Å². The Morgan fingerprint density at radius 3 is 3.08 bits per heavy atom. The Labute approximate surface area is 71.6 Å². The fourth-order valence-electron chi connectivity index (χ4n) is 1.60. The molecule has 0 fully saturated rings. The molecule has 1 unspecified atom stereocenters. The minimum Gasteiger partial charge on any atom is -0.283 e. The Bertz CT molecular complexity index is 296. The number of aryl methyl sites for hydroxylation is 1. The van der Waals surface area contributed by atoms with Gasteiger partial charge in [-0.1, -0.05) is 23.8 Å². The molecule has 0 bridgehead atoms. The maximum Gasteiger partial charge on any atom is 0.155 e. The standard InChI is InChI=1S/C10H12FN/c1-7-2-3-8-6-12-10(11)5-9(8)4-7/h2-4,10,12H,5-6H2,1H3. The molecule has 1 aliphatic rings. The number of rotatable bonds is 0. The molecular weight excluding hydrogens is 153 g/mol. The van der Waals surface area contributed by atoms with E-state index in [0.29, 0.717) is 13.0 Å². The zero-order valence-corrected chi connectivity index (χ0v) is 7.10. The smallest absolute Gasteiger partial charge is 0.155 e. The summed E-state index contributed by atoms with van der Waals surface area (Å²) in [5.74, 6) is 0. The van der Waals surface area contributed by atoms with Crippen LogP contribution in [0.25, 0.3) is 0 Å². The molecule has 1 N–H and O–H groups in total. The summed E-state index contributed by atoms with van der Waals surface area (Å²) in [5.41, 5.74) is 3.60. The van der Waals surface area contributed by atoms with Crippen LogP contribution in [0.4, 0.5) is 4.39 Å². The highest BCUT2D eigenvalue weighted by Crippen LogP contribution is 2.18. The van der Waals surface area contributed by atoms with Gasteiger partial charge in [0.25, 0.3) is 0 Å². The van der Waals surface area contributed by atoms with Crippen molar-refractivity contribution in [2.45, 2.75) is 26.2 Å². The lowest BCUT2D eigenvalue weighted by Crippen LogP contribution is -2.31. The largest absolute Gasteiger partial charge is 0.283 e. The molecule has 1 nitrogen and oxygen atoms in total. The monoisotopic (exact) mass is 165 g/mol. The highest BCUT2D eigenvalue weighted by atomic mass is 19.1. The van der Waals surface area contributed by atoms with Gasteiger partial charge in [0, 0.05) is 13.0 Å². The second-order valence-electron chi connectivity index (χ2n) is 3.32. The van der Waals surface area contributed by atoms with Crippen LogP contribution in [0.1, 0.15) is 16.7 Å². The second-order valence-corrected chi connectivity index (χ2v) is 3.32. The first kappa shape index (κ1) is 7.74. The Morgan fingerprint density at radius 2 is 2.25 bits per heavy atom. The summed E-state index contributed by atoms with van der Waals surface area (Å²) in [6.07, 6.45) is -0.351. The first-order chi connectivity index (χ1) is 5.75. The third-order valence-electron chi connectivity index (χ3n) is 2.27. The van der Waals surface area contributed by atoms with Crippen LogP contribution in [0.15, 0.2) is 18.2 Å². The third kappa shape index (κ3) is 1.34. The lowest BCUT2D eigenvalue weighted by molar-refractivity contribution is 0.258. The minimum atomic E-state index is -0.862. The fraction of sp³-hybridized carbons (Fsp3) is 0.400. The quantitative estimate of drug-likeness (QED) is 0.579. The zero-order valence-electron chi connectivity index (χ0n) is 7.10. The Hall–Kier alpha value is -0.890. The fourth-order valence-corrected chi connectivity index (χ4v) is 1.60. The summed E-state index contributed by atoms with van der Waals surface area (Å²) in [6, 6.07) is 6.21. The van der Waals surface area contributed by atoms with Crippen LogP contribution < -0.4 is 5.32 Å². The average molecular weight is 165 g/mol. The molecule has 0 radical (unpaired) electrons. The Kier molecular flexibility index (Phi) is 1.85. The summed E-state index contributed by atoms with van der Waals surface area (Å²) in [5, 5.41) is 2.79. The Morgan fingerprint density at radius 1 is 1.42 bits per heavy atom. The molecular formula is C10H12FN. The first-order valence-corrected chi connectivity index (χ1v) is 4.21. The molecule has 1 aromatic rings. The van der Waals surface area contributed by atoms with E-state index in [9.17, 15) is 4.39 Å². The van der Waals surface area contributed by atoms with Crippen LogP contribution in [-0.2, 0) is 13.0 Å². The van der Waals surface area contributed by atoms with E-state index < -0.39 is 6.30 Å². The van der Waals surface area contributed by atoms with Gasteiger partial charge in [-0.05, 0) is 18.1 Å². The van der Waals surface area contributed by atoms with Crippen molar-refractivity contribution in [3.05, 3.63) is 34.9 Å². The molecule has 0 saturated carbocycles. The zero-order chi connectivity index (χ0) is 8.55. The summed E-state index contributed by atoms with van der Waals surface area (Å²) in [4.78, 5) is 0. The average Bonchev–Trinajstić information content (AvgIpc) is 2.03. The van der Waals surface area contributed by atoms with Crippen LogP contribution in [0.3, 0.4) is 0 Å². The molecule has 1 atom stereocenters. The highest BCUT2D eigenvalue weighted by molar-refractivity contribution is 5.33. The van der Waals surface area contributed by atoms with Crippen molar-refractivity contribution < 1.29 is 4.39 Å². The number of nitrogens with one attached hydrogen (secondary N) is 1. The molecule has 0 saturated heterocycles. The van der Waals surface area contributed by atoms with Gasteiger partial charge in [-0.3, -0.25) is 5.32 Å². The number of hydrogen-bond acceptors (Lipinski definition) is 1. The van der Waals surface area contributed by atoms with E-state index in [1.165, 1.54) is 11.1 Å². The van der Waals surface area contributed by atoms with E-state index in [1.54, 1.807) is 0 Å². The van der Waals surface area contributed by atoms with Crippen molar-refractivity contribution in [3.63, 3.8) is 0 Å². The lowest BCUT2D eigenvalue weighted by atomic mass is 9.98. The molecule has 2 rings (SSSR count). The van der Waals surface area contributed by atoms with Crippen molar-refractivity contribution >= 4 is 0 Å². The van der Waals surface area contributed by atoms with Gasteiger partial charge in [-0.2, -0.15) is 0 Å². The maximum absolute atomic E-state index is 12.9. The van der Waals surface area contributed by atoms with Gasteiger partial charge in [-0.25, -0.2) is 4.39 Å². The van der Waals surface area contributed by atoms with E-state index in [0.717, 1.165) is 5.56 Å². The minimum absolute atomic E-state index is 0.511. The number of halogens is 1. The SMILES string of the molecule is Cc1ccc2c(c1)CC(F)NC2. The molecule has 12 heavy (non-hydrogen) atoms. The van der Waals surface area contributed by atoms with E-state index >= 15 is 0 Å². The molecule has 1 aliphatic heterocycles. The van der Waals surface area contributed by atoms with Gasteiger partial charge in [0.1, 0.15) is 0 Å². The van der Waals surface area contributed by atoms with Crippen molar-refractivity contribution in [2.24, 2.45) is 0 Å². The molecule has 0 amide bonds. The van der Waals surface area contributed by atoms with Gasteiger partial charge in [0.15, 0.2) is 6.30 Å². The normalized spacial score (nSPS) is 22.0. The molecule has 0 spiro atoms. The maximum atomic E-state index is 12.9. The predicted molar refractivity (Wildman–Crippen MR) is 46.6 cm³/mol. The van der Waals surface area contributed by atoms with Crippen molar-refractivity contribution in [2.75, 3.05) is 0 Å². The van der Waals surface area contributed by atoms with Crippen LogP contribution >= 0.6 is 0 Å². The second kappa shape index (κ2) is 2.87. The molecule has 1 aromatic carbocycles. The number of fused-ring (bicyclic) bond motifs is 1. The summed E-state index contributed by atoms with van der Waals surface area (Å²) >= 11 is 0. The highest BCUT2D eigenvalue weighted by Gasteiger charge is 2.15. The van der Waals surface area contributed by atoms with Crippen molar-refractivity contribution in [1.82, 2.24) is 5.32 Å². The number of alkyl halides is 1. The molecule has 0 aliphatic carbocycles. The van der Waals surface area contributed by atoms with Gasteiger partial charge in [-0.15, -0.1) is 0 Å². The van der Waals surface area contributed by atoms with Gasteiger partial charge >= 0.3 is 0 Å². The van der Waals surface area contributed by atoms with E-state index in [-0.39, 0.29) is 0 Å². The van der Waals surface area contributed by atoms with Gasteiger partial charge in [0.2, 0.25) is 0 Å². The summed E-state index contributed by atoms with van der Waals surface area (Å²) < 4.78 is 12.9. The molecule has 2 heteroatoms. The van der Waals surface area contributed by atoms with Crippen molar-refractivity contribution in [1.29, 1.82) is 0 Å². The number of hydrogen-bond donors (Lipinski definition) is 1. The summed E-state index contributed by atoms with van der Waals surface area (Å²) in [7, 11) is 0. The van der Waals surface area contributed by atoms with Gasteiger partial charge < -0.3 is 0 Å². The predicted octanol–water partition coefficient (Wildman–Crippen LogP) is 1.94. The number of benzene rings is 1. The van der Waals surface area contributed by atoms with Crippen LogP contribution in [0.2, 0.25) is 0 Å². The molecule has 0 aromatic heterocycles. The van der Waals surface area contributed by atoms with Crippen molar-refractivity contribution in [3.8, 4) is 0 Å². The Balaban J connectivity index is 2.37. The molecule has 64 valence electrons. The van der Waals surface area contributed by atoms with E-state index in [4.69, 9.17) is 0 Å². The topological polar surface area (TPSA) is 12.0 Å². The molecule has 1 heterocycles. The lowest BCUT2D eigenvalue weighted by Gasteiger charge is -2.20. The van der Waals surface area contributed by atoms with E-state index in [2.05, 4.69) is 23.5 Å². The third-order valence-corrected chi connectivity index (χ3v) is 2.27. The van der Waals surface area contributed by atoms with Crippen LogP contribution in [0, 0.1) is 6.92 Å². The summed E-state index contributed by atoms with van der Waals surface area (Å²) in [6.45, 7) is 2.70.